The van der Waals surface area contributed by atoms with Crippen molar-refractivity contribution in [2.45, 2.75) is 53.5 Å². The molecule has 2 rings (SSSR count). The van der Waals surface area contributed by atoms with Gasteiger partial charge in [0.25, 0.3) is 0 Å². The van der Waals surface area contributed by atoms with Gasteiger partial charge < -0.3 is 14.6 Å². The zero-order valence-corrected chi connectivity index (χ0v) is 13.3. The van der Waals surface area contributed by atoms with Crippen LogP contribution in [0.4, 0.5) is 6.01 Å². The van der Waals surface area contributed by atoms with Gasteiger partial charge in [0.05, 0.1) is 6.54 Å². The van der Waals surface area contributed by atoms with Crippen molar-refractivity contribution in [1.82, 2.24) is 15.5 Å². The molecule has 1 aliphatic heterocycles. The molecule has 1 unspecified atom stereocenters. The van der Waals surface area contributed by atoms with Crippen LogP contribution in [0, 0.1) is 11.3 Å². The van der Waals surface area contributed by atoms with Crippen LogP contribution < -0.4 is 10.2 Å². The third kappa shape index (κ3) is 3.95. The molecule has 0 spiro atoms. The molecule has 1 fully saturated rings. The fourth-order valence-corrected chi connectivity index (χ4v) is 2.83. The highest BCUT2D eigenvalue weighted by atomic mass is 16.4. The summed E-state index contributed by atoms with van der Waals surface area (Å²) in [4.78, 5) is 2.24. The Morgan fingerprint density at radius 3 is 2.75 bits per heavy atom. The van der Waals surface area contributed by atoms with E-state index in [4.69, 9.17) is 4.42 Å². The van der Waals surface area contributed by atoms with E-state index in [-0.39, 0.29) is 0 Å². The molecule has 0 amide bonds. The average molecular weight is 280 g/mol. The highest BCUT2D eigenvalue weighted by Crippen LogP contribution is 2.34. The summed E-state index contributed by atoms with van der Waals surface area (Å²) in [5.41, 5.74) is 0.390. The van der Waals surface area contributed by atoms with E-state index in [9.17, 15) is 0 Å². The van der Waals surface area contributed by atoms with E-state index >= 15 is 0 Å². The van der Waals surface area contributed by atoms with Crippen molar-refractivity contribution in [2.75, 3.05) is 24.5 Å². The number of nitrogens with one attached hydrogen (secondary N) is 1. The SMILES string of the molecule is CCNCc1nnc(N2CCCC(C(C)(C)C)CC2)o1. The maximum atomic E-state index is 5.74. The lowest BCUT2D eigenvalue weighted by atomic mass is 9.77. The van der Waals surface area contributed by atoms with Gasteiger partial charge >= 0.3 is 6.01 Å². The molecule has 0 aliphatic carbocycles. The van der Waals surface area contributed by atoms with E-state index in [1.165, 1.54) is 19.3 Å². The van der Waals surface area contributed by atoms with Crippen LogP contribution >= 0.6 is 0 Å². The van der Waals surface area contributed by atoms with Crippen LogP contribution in [0.15, 0.2) is 4.42 Å². The minimum absolute atomic E-state index is 0.390. The van der Waals surface area contributed by atoms with Crippen molar-refractivity contribution in [3.8, 4) is 0 Å². The molecule has 5 nitrogen and oxygen atoms in total. The molecule has 1 aromatic rings. The molecule has 5 heteroatoms. The van der Waals surface area contributed by atoms with Gasteiger partial charge in [0.15, 0.2) is 0 Å². The second-order valence-corrected chi connectivity index (χ2v) is 6.74. The molecule has 1 atom stereocenters. The Kier molecular flexibility index (Phi) is 5.02. The Morgan fingerprint density at radius 1 is 1.25 bits per heavy atom. The molecule has 0 bridgehead atoms. The van der Waals surface area contributed by atoms with Crippen molar-refractivity contribution in [3.05, 3.63) is 5.89 Å². The maximum absolute atomic E-state index is 5.74. The smallest absolute Gasteiger partial charge is 0.318 e. The topological polar surface area (TPSA) is 54.2 Å². The highest BCUT2D eigenvalue weighted by molar-refractivity contribution is 5.24. The lowest BCUT2D eigenvalue weighted by Gasteiger charge is -2.29. The minimum Gasteiger partial charge on any atom is -0.407 e. The van der Waals surface area contributed by atoms with Gasteiger partial charge in [-0.05, 0) is 37.1 Å². The molecule has 0 aromatic carbocycles. The normalized spacial score (nSPS) is 21.0. The van der Waals surface area contributed by atoms with Crippen LogP contribution in [-0.4, -0.2) is 29.8 Å². The van der Waals surface area contributed by atoms with Gasteiger partial charge in [0.1, 0.15) is 0 Å². The van der Waals surface area contributed by atoms with Gasteiger partial charge in [-0.2, -0.15) is 0 Å². The number of nitrogens with zero attached hydrogens (tertiary/aromatic N) is 3. The second kappa shape index (κ2) is 6.57. The van der Waals surface area contributed by atoms with Gasteiger partial charge in [-0.15, -0.1) is 5.10 Å². The van der Waals surface area contributed by atoms with E-state index in [1.807, 2.05) is 0 Å². The van der Waals surface area contributed by atoms with E-state index in [1.54, 1.807) is 0 Å². The standard InChI is InChI=1S/C15H28N4O/c1-5-16-11-13-17-18-14(20-13)19-9-6-7-12(8-10-19)15(2,3)4/h12,16H,5-11H2,1-4H3. The van der Waals surface area contributed by atoms with Gasteiger partial charge in [-0.25, -0.2) is 0 Å². The molecule has 1 aliphatic rings. The highest BCUT2D eigenvalue weighted by Gasteiger charge is 2.28. The van der Waals surface area contributed by atoms with E-state index < -0.39 is 0 Å². The first-order valence-electron chi connectivity index (χ1n) is 7.78. The quantitative estimate of drug-likeness (QED) is 0.919. The summed E-state index contributed by atoms with van der Waals surface area (Å²) in [5, 5.41) is 11.5. The van der Waals surface area contributed by atoms with Crippen molar-refractivity contribution in [1.29, 1.82) is 0 Å². The summed E-state index contributed by atoms with van der Waals surface area (Å²) in [7, 11) is 0. The first-order chi connectivity index (χ1) is 9.50. The summed E-state index contributed by atoms with van der Waals surface area (Å²) in [6.45, 7) is 12.7. The summed E-state index contributed by atoms with van der Waals surface area (Å²) < 4.78 is 5.74. The molecule has 114 valence electrons. The number of aromatic nitrogens is 2. The molecular weight excluding hydrogens is 252 g/mol. The first-order valence-corrected chi connectivity index (χ1v) is 7.78. The minimum atomic E-state index is 0.390. The number of anilines is 1. The molecule has 0 radical (unpaired) electrons. The lowest BCUT2D eigenvalue weighted by Crippen LogP contribution is -2.26. The maximum Gasteiger partial charge on any atom is 0.318 e. The van der Waals surface area contributed by atoms with E-state index in [0.717, 1.165) is 25.6 Å². The molecule has 1 saturated heterocycles. The number of hydrogen-bond donors (Lipinski definition) is 1. The fourth-order valence-electron chi connectivity index (χ4n) is 2.83. The largest absolute Gasteiger partial charge is 0.407 e. The summed E-state index contributed by atoms with van der Waals surface area (Å²) >= 11 is 0. The van der Waals surface area contributed by atoms with Crippen molar-refractivity contribution in [2.24, 2.45) is 11.3 Å². The lowest BCUT2D eigenvalue weighted by molar-refractivity contribution is 0.220. The predicted octanol–water partition coefficient (Wildman–Crippen LogP) is 2.83. The van der Waals surface area contributed by atoms with Crippen LogP contribution in [0.2, 0.25) is 0 Å². The summed E-state index contributed by atoms with van der Waals surface area (Å²) in [5.74, 6) is 1.45. The molecule has 1 N–H and O–H groups in total. The van der Waals surface area contributed by atoms with Crippen LogP contribution in [0.3, 0.4) is 0 Å². The third-order valence-corrected chi connectivity index (χ3v) is 4.21. The van der Waals surface area contributed by atoms with Gasteiger partial charge in [-0.1, -0.05) is 32.8 Å². The first kappa shape index (κ1) is 15.3. The predicted molar refractivity (Wildman–Crippen MR) is 80.7 cm³/mol. The Bertz CT molecular complexity index is 410. The van der Waals surface area contributed by atoms with Crippen molar-refractivity contribution >= 4 is 6.01 Å². The number of rotatable bonds is 4. The monoisotopic (exact) mass is 280 g/mol. The number of hydrogen-bond acceptors (Lipinski definition) is 5. The van der Waals surface area contributed by atoms with Crippen molar-refractivity contribution < 1.29 is 4.42 Å². The van der Waals surface area contributed by atoms with Gasteiger partial charge in [0, 0.05) is 13.1 Å². The van der Waals surface area contributed by atoms with E-state index in [0.29, 0.717) is 23.9 Å². The summed E-state index contributed by atoms with van der Waals surface area (Å²) in [6, 6.07) is 0.687. The molecule has 0 saturated carbocycles. The van der Waals surface area contributed by atoms with Crippen LogP contribution in [-0.2, 0) is 6.54 Å². The molecular formula is C15H28N4O. The van der Waals surface area contributed by atoms with Gasteiger partial charge in [-0.3, -0.25) is 0 Å². The van der Waals surface area contributed by atoms with Crippen LogP contribution in [0.5, 0.6) is 0 Å². The van der Waals surface area contributed by atoms with Crippen molar-refractivity contribution in [3.63, 3.8) is 0 Å². The summed E-state index contributed by atoms with van der Waals surface area (Å²) in [6.07, 6.45) is 3.69. The zero-order valence-electron chi connectivity index (χ0n) is 13.3. The average Bonchev–Trinajstić information content (AvgIpc) is 2.70. The van der Waals surface area contributed by atoms with Crippen LogP contribution in [0.25, 0.3) is 0 Å². The third-order valence-electron chi connectivity index (χ3n) is 4.21. The Balaban J connectivity index is 1.94. The van der Waals surface area contributed by atoms with E-state index in [2.05, 4.69) is 48.1 Å². The Labute approximate surface area is 122 Å². The van der Waals surface area contributed by atoms with Gasteiger partial charge in [0.2, 0.25) is 5.89 Å². The zero-order chi connectivity index (χ0) is 14.6. The Morgan fingerprint density at radius 2 is 2.05 bits per heavy atom. The molecule has 20 heavy (non-hydrogen) atoms. The molecule has 2 heterocycles. The second-order valence-electron chi connectivity index (χ2n) is 6.74. The Hall–Kier alpha value is -1.10. The fraction of sp³-hybridized carbons (Fsp3) is 0.867. The van der Waals surface area contributed by atoms with Crippen LogP contribution in [0.1, 0.15) is 52.8 Å². The molecule has 1 aromatic heterocycles.